The summed E-state index contributed by atoms with van der Waals surface area (Å²) in [5.74, 6) is 1.62. The summed E-state index contributed by atoms with van der Waals surface area (Å²) in [7, 11) is 1.74. The van der Waals surface area contributed by atoms with Gasteiger partial charge in [-0.15, -0.1) is 0 Å². The monoisotopic (exact) mass is 320 g/mol. The molecule has 2 aromatic carbocycles. The molecule has 124 valence electrons. The quantitative estimate of drug-likeness (QED) is 0.763. The molecular weight excluding hydrogens is 296 g/mol. The van der Waals surface area contributed by atoms with Gasteiger partial charge in [0.05, 0.1) is 7.11 Å². The minimum atomic E-state index is 0.652. The van der Waals surface area contributed by atoms with Gasteiger partial charge in [-0.05, 0) is 61.2 Å². The van der Waals surface area contributed by atoms with Crippen LogP contribution in [-0.2, 0) is 6.54 Å². The van der Waals surface area contributed by atoms with Gasteiger partial charge in [-0.2, -0.15) is 0 Å². The summed E-state index contributed by atoms with van der Waals surface area (Å²) in [5.41, 5.74) is 4.06. The molecule has 3 heteroatoms. The minimum absolute atomic E-state index is 0.652. The smallest absolute Gasteiger partial charge is 0.119 e. The molecule has 0 aliphatic carbocycles. The lowest BCUT2D eigenvalue weighted by molar-refractivity contribution is 0.205. The van der Waals surface area contributed by atoms with E-state index in [1.807, 2.05) is 6.07 Å². The maximum Gasteiger partial charge on any atom is 0.119 e. The molecular formula is C21H24N2O. The number of nitrogens with one attached hydrogen (secondary N) is 1. The lowest BCUT2D eigenvalue weighted by Gasteiger charge is -2.32. The van der Waals surface area contributed by atoms with Gasteiger partial charge in [0, 0.05) is 23.6 Å². The number of H-pyrrole nitrogens is 1. The summed E-state index contributed by atoms with van der Waals surface area (Å²) >= 11 is 0. The number of piperidine rings is 1. The highest BCUT2D eigenvalue weighted by molar-refractivity contribution is 5.82. The van der Waals surface area contributed by atoms with Gasteiger partial charge in [-0.3, -0.25) is 4.90 Å². The maximum absolute atomic E-state index is 5.36. The topological polar surface area (TPSA) is 28.3 Å². The van der Waals surface area contributed by atoms with Crippen LogP contribution in [0.5, 0.6) is 5.75 Å². The third kappa shape index (κ3) is 3.04. The van der Waals surface area contributed by atoms with E-state index in [-0.39, 0.29) is 0 Å². The Labute approximate surface area is 143 Å². The predicted octanol–water partition coefficient (Wildman–Crippen LogP) is 4.56. The summed E-state index contributed by atoms with van der Waals surface area (Å²) in [6, 6.07) is 17.1. The van der Waals surface area contributed by atoms with Crippen LogP contribution in [0.2, 0.25) is 0 Å². The van der Waals surface area contributed by atoms with Crippen molar-refractivity contribution < 1.29 is 4.74 Å². The Morgan fingerprint density at radius 2 is 1.92 bits per heavy atom. The van der Waals surface area contributed by atoms with Gasteiger partial charge in [0.2, 0.25) is 0 Å². The van der Waals surface area contributed by atoms with Crippen LogP contribution in [0.25, 0.3) is 10.9 Å². The van der Waals surface area contributed by atoms with Crippen molar-refractivity contribution in [2.75, 3.05) is 20.2 Å². The SMILES string of the molecule is COc1cccc(C2CCN(Cc3c[nH]c4ccccc34)CC2)c1. The van der Waals surface area contributed by atoms with Crippen molar-refractivity contribution in [2.45, 2.75) is 25.3 Å². The molecule has 0 saturated carbocycles. The predicted molar refractivity (Wildman–Crippen MR) is 98.5 cm³/mol. The van der Waals surface area contributed by atoms with E-state index in [0.717, 1.165) is 25.4 Å². The van der Waals surface area contributed by atoms with Gasteiger partial charge in [-0.1, -0.05) is 30.3 Å². The first kappa shape index (κ1) is 15.3. The van der Waals surface area contributed by atoms with Crippen LogP contribution >= 0.6 is 0 Å². The Hall–Kier alpha value is -2.26. The number of para-hydroxylation sites is 1. The number of benzene rings is 2. The molecule has 0 spiro atoms. The normalized spacial score (nSPS) is 16.5. The van der Waals surface area contributed by atoms with Gasteiger partial charge >= 0.3 is 0 Å². The lowest BCUT2D eigenvalue weighted by Crippen LogP contribution is -2.32. The molecule has 3 aromatic rings. The third-order valence-electron chi connectivity index (χ3n) is 5.22. The fourth-order valence-electron chi connectivity index (χ4n) is 3.82. The molecule has 1 aliphatic rings. The maximum atomic E-state index is 5.36. The average Bonchev–Trinajstić information content (AvgIpc) is 3.05. The number of aromatic amines is 1. The zero-order valence-corrected chi connectivity index (χ0v) is 14.2. The van der Waals surface area contributed by atoms with E-state index >= 15 is 0 Å². The summed E-state index contributed by atoms with van der Waals surface area (Å²) in [6.07, 6.45) is 4.60. The molecule has 0 atom stereocenters. The Morgan fingerprint density at radius 3 is 2.75 bits per heavy atom. The van der Waals surface area contributed by atoms with Gasteiger partial charge in [0.15, 0.2) is 0 Å². The van der Waals surface area contributed by atoms with E-state index in [0.29, 0.717) is 5.92 Å². The fourth-order valence-corrected chi connectivity index (χ4v) is 3.82. The van der Waals surface area contributed by atoms with Crippen molar-refractivity contribution >= 4 is 10.9 Å². The van der Waals surface area contributed by atoms with Crippen molar-refractivity contribution in [3.05, 3.63) is 65.9 Å². The van der Waals surface area contributed by atoms with Gasteiger partial charge in [0.25, 0.3) is 0 Å². The molecule has 0 radical (unpaired) electrons. The van der Waals surface area contributed by atoms with Crippen LogP contribution in [0.1, 0.15) is 29.9 Å². The molecule has 0 unspecified atom stereocenters. The van der Waals surface area contributed by atoms with Crippen molar-refractivity contribution in [2.24, 2.45) is 0 Å². The number of methoxy groups -OCH3 is 1. The Morgan fingerprint density at radius 1 is 1.08 bits per heavy atom. The number of nitrogens with zero attached hydrogens (tertiary/aromatic N) is 1. The zero-order valence-electron chi connectivity index (χ0n) is 14.2. The van der Waals surface area contributed by atoms with Crippen molar-refractivity contribution in [1.82, 2.24) is 9.88 Å². The van der Waals surface area contributed by atoms with E-state index in [2.05, 4.69) is 58.5 Å². The number of hydrogen-bond acceptors (Lipinski definition) is 2. The van der Waals surface area contributed by atoms with Gasteiger partial charge in [-0.25, -0.2) is 0 Å². The molecule has 1 fully saturated rings. The standard InChI is InChI=1S/C21H24N2O/c1-24-19-6-4-5-17(13-19)16-9-11-23(12-10-16)15-18-14-22-21-8-3-2-7-20(18)21/h2-8,13-14,16,22H,9-12,15H2,1H3. The van der Waals surface area contributed by atoms with E-state index < -0.39 is 0 Å². The van der Waals surface area contributed by atoms with Crippen LogP contribution in [-0.4, -0.2) is 30.1 Å². The molecule has 2 heterocycles. The Bertz CT molecular complexity index is 815. The second kappa shape index (κ2) is 6.70. The molecule has 0 bridgehead atoms. The number of fused-ring (bicyclic) bond motifs is 1. The highest BCUT2D eigenvalue weighted by Crippen LogP contribution is 2.31. The van der Waals surface area contributed by atoms with E-state index in [9.17, 15) is 0 Å². The second-order valence-corrected chi connectivity index (χ2v) is 6.69. The number of rotatable bonds is 4. The van der Waals surface area contributed by atoms with Crippen LogP contribution in [0.3, 0.4) is 0 Å². The molecule has 0 amide bonds. The average molecular weight is 320 g/mol. The first-order valence-corrected chi connectivity index (χ1v) is 8.75. The van der Waals surface area contributed by atoms with Crippen LogP contribution in [0.4, 0.5) is 0 Å². The number of ether oxygens (including phenoxy) is 1. The molecule has 1 aliphatic heterocycles. The lowest BCUT2D eigenvalue weighted by atomic mass is 9.89. The second-order valence-electron chi connectivity index (χ2n) is 6.69. The molecule has 3 nitrogen and oxygen atoms in total. The molecule has 24 heavy (non-hydrogen) atoms. The summed E-state index contributed by atoms with van der Waals surface area (Å²) in [5, 5.41) is 1.35. The Balaban J connectivity index is 1.41. The van der Waals surface area contributed by atoms with Crippen molar-refractivity contribution in [3.63, 3.8) is 0 Å². The molecule has 4 rings (SSSR count). The summed E-state index contributed by atoms with van der Waals surface area (Å²) in [6.45, 7) is 3.34. The molecule has 1 aromatic heterocycles. The Kier molecular flexibility index (Phi) is 4.26. The zero-order chi connectivity index (χ0) is 16.4. The number of likely N-dealkylation sites (tertiary alicyclic amines) is 1. The van der Waals surface area contributed by atoms with Crippen molar-refractivity contribution in [1.29, 1.82) is 0 Å². The molecule has 1 N–H and O–H groups in total. The fraction of sp³-hybridized carbons (Fsp3) is 0.333. The van der Waals surface area contributed by atoms with Gasteiger partial charge in [0.1, 0.15) is 5.75 Å². The van der Waals surface area contributed by atoms with Crippen LogP contribution in [0.15, 0.2) is 54.7 Å². The number of hydrogen-bond donors (Lipinski definition) is 1. The summed E-state index contributed by atoms with van der Waals surface area (Å²) in [4.78, 5) is 5.96. The molecule has 1 saturated heterocycles. The number of aromatic nitrogens is 1. The first-order chi connectivity index (χ1) is 11.8. The first-order valence-electron chi connectivity index (χ1n) is 8.75. The third-order valence-corrected chi connectivity index (χ3v) is 5.22. The summed E-state index contributed by atoms with van der Waals surface area (Å²) < 4.78 is 5.36. The van der Waals surface area contributed by atoms with Crippen molar-refractivity contribution in [3.8, 4) is 5.75 Å². The van der Waals surface area contributed by atoms with E-state index in [4.69, 9.17) is 4.74 Å². The van der Waals surface area contributed by atoms with E-state index in [1.165, 1.54) is 34.9 Å². The van der Waals surface area contributed by atoms with Gasteiger partial charge < -0.3 is 9.72 Å². The largest absolute Gasteiger partial charge is 0.497 e. The highest BCUT2D eigenvalue weighted by Gasteiger charge is 2.21. The van der Waals surface area contributed by atoms with E-state index in [1.54, 1.807) is 7.11 Å². The van der Waals surface area contributed by atoms with Crippen LogP contribution < -0.4 is 4.74 Å². The highest BCUT2D eigenvalue weighted by atomic mass is 16.5. The van der Waals surface area contributed by atoms with Crippen LogP contribution in [0, 0.1) is 0 Å². The minimum Gasteiger partial charge on any atom is -0.497 e.